The highest BCUT2D eigenvalue weighted by Crippen LogP contribution is 2.18. The molecule has 1 aromatic heterocycles. The number of nitrogens with one attached hydrogen (secondary N) is 2. The van der Waals surface area contributed by atoms with E-state index in [1.807, 2.05) is 54.6 Å². The van der Waals surface area contributed by atoms with Crippen LogP contribution in [0.3, 0.4) is 0 Å². The summed E-state index contributed by atoms with van der Waals surface area (Å²) in [7, 11) is 0. The van der Waals surface area contributed by atoms with Gasteiger partial charge < -0.3 is 20.1 Å². The van der Waals surface area contributed by atoms with E-state index in [4.69, 9.17) is 9.47 Å². The molecule has 2 amide bonds. The lowest BCUT2D eigenvalue weighted by Gasteiger charge is -2.24. The Morgan fingerprint density at radius 3 is 2.16 bits per heavy atom. The summed E-state index contributed by atoms with van der Waals surface area (Å²) in [6.07, 6.45) is 2.73. The van der Waals surface area contributed by atoms with Crippen LogP contribution < -0.4 is 10.6 Å². The summed E-state index contributed by atoms with van der Waals surface area (Å²) < 4.78 is 11.4. The van der Waals surface area contributed by atoms with Crippen molar-refractivity contribution in [2.75, 3.05) is 0 Å². The van der Waals surface area contributed by atoms with E-state index in [-0.39, 0.29) is 13.0 Å². The van der Waals surface area contributed by atoms with E-state index >= 15 is 0 Å². The summed E-state index contributed by atoms with van der Waals surface area (Å²) in [4.78, 5) is 46.7. The molecule has 10 heteroatoms. The molecule has 38 heavy (non-hydrogen) atoms. The molecule has 1 heterocycles. The van der Waals surface area contributed by atoms with Crippen molar-refractivity contribution in [3.05, 3.63) is 82.6 Å². The maximum Gasteiger partial charge on any atom is 0.408 e. The lowest BCUT2D eigenvalue weighted by atomic mass is 10.0. The number of carbonyl (C=O) groups excluding carboxylic acids is 3. The van der Waals surface area contributed by atoms with Gasteiger partial charge in [0, 0.05) is 24.4 Å². The van der Waals surface area contributed by atoms with Crippen LogP contribution in [0.1, 0.15) is 38.8 Å². The first-order valence-corrected chi connectivity index (χ1v) is 12.9. The molecule has 2 aromatic carbocycles. The molecule has 9 nitrogen and oxygen atoms in total. The van der Waals surface area contributed by atoms with Crippen LogP contribution >= 0.6 is 15.9 Å². The minimum atomic E-state index is -1.00. The van der Waals surface area contributed by atoms with Gasteiger partial charge in [-0.3, -0.25) is 4.79 Å². The third-order valence-corrected chi connectivity index (χ3v) is 5.62. The quantitative estimate of drug-likeness (QED) is 0.354. The molecule has 2 atom stereocenters. The molecule has 0 bridgehead atoms. The molecule has 1 unspecified atom stereocenters. The average Bonchev–Trinajstić information content (AvgIpc) is 2.87. The van der Waals surface area contributed by atoms with Gasteiger partial charge in [0.15, 0.2) is 5.82 Å². The van der Waals surface area contributed by atoms with Crippen molar-refractivity contribution in [3.8, 4) is 11.4 Å². The van der Waals surface area contributed by atoms with Gasteiger partial charge in [0.1, 0.15) is 24.3 Å². The molecule has 0 aliphatic heterocycles. The number of hydrogen-bond acceptors (Lipinski definition) is 7. The van der Waals surface area contributed by atoms with Crippen molar-refractivity contribution < 1.29 is 23.9 Å². The Morgan fingerprint density at radius 1 is 0.921 bits per heavy atom. The summed E-state index contributed by atoms with van der Waals surface area (Å²) in [5, 5.41) is 5.26. The van der Waals surface area contributed by atoms with E-state index in [0.29, 0.717) is 5.82 Å². The molecule has 3 rings (SSSR count). The fourth-order valence-electron chi connectivity index (χ4n) is 3.37. The first kappa shape index (κ1) is 28.8. The molecule has 0 aliphatic carbocycles. The molecule has 0 aliphatic rings. The molecule has 0 saturated heterocycles. The zero-order valence-electron chi connectivity index (χ0n) is 21.7. The molecular weight excluding hydrogens is 552 g/mol. The van der Waals surface area contributed by atoms with Crippen molar-refractivity contribution in [2.45, 2.75) is 58.4 Å². The summed E-state index contributed by atoms with van der Waals surface area (Å²) in [5.41, 5.74) is 1.69. The maximum atomic E-state index is 13.1. The zero-order valence-corrected chi connectivity index (χ0v) is 23.3. The zero-order chi connectivity index (χ0) is 27.7. The second-order valence-electron chi connectivity index (χ2n) is 9.65. The maximum absolute atomic E-state index is 13.1. The predicted molar refractivity (Wildman–Crippen MR) is 146 cm³/mol. The van der Waals surface area contributed by atoms with Crippen LogP contribution in [-0.4, -0.2) is 45.6 Å². The monoisotopic (exact) mass is 582 g/mol. The predicted octanol–water partition coefficient (Wildman–Crippen LogP) is 4.59. The van der Waals surface area contributed by atoms with Gasteiger partial charge in [-0.15, -0.1) is 0 Å². The van der Waals surface area contributed by atoms with Crippen molar-refractivity contribution in [1.29, 1.82) is 0 Å². The third kappa shape index (κ3) is 9.26. The smallest absolute Gasteiger partial charge is 0.408 e. The van der Waals surface area contributed by atoms with Crippen molar-refractivity contribution in [1.82, 2.24) is 20.6 Å². The van der Waals surface area contributed by atoms with Gasteiger partial charge in [0.2, 0.25) is 5.91 Å². The number of alkyl carbamates (subject to hydrolysis) is 1. The number of hydrogen-bond donors (Lipinski definition) is 2. The second kappa shape index (κ2) is 13.1. The Morgan fingerprint density at radius 2 is 1.55 bits per heavy atom. The largest absolute Gasteiger partial charge is 0.458 e. The number of esters is 1. The molecule has 3 aromatic rings. The van der Waals surface area contributed by atoms with Crippen LogP contribution in [0.2, 0.25) is 0 Å². The Hall–Kier alpha value is -3.79. The normalized spacial score (nSPS) is 12.7. The third-order valence-electron chi connectivity index (χ3n) is 5.21. The number of amides is 2. The van der Waals surface area contributed by atoms with Crippen LogP contribution in [-0.2, 0) is 32.1 Å². The van der Waals surface area contributed by atoms with Crippen LogP contribution in [0.5, 0.6) is 0 Å². The van der Waals surface area contributed by atoms with Crippen LogP contribution in [0, 0.1) is 0 Å². The van der Waals surface area contributed by atoms with E-state index in [0.717, 1.165) is 21.2 Å². The number of aromatic nitrogens is 2. The van der Waals surface area contributed by atoms with Crippen LogP contribution in [0.25, 0.3) is 11.4 Å². The minimum absolute atomic E-state index is 0.0528. The van der Waals surface area contributed by atoms with E-state index in [1.54, 1.807) is 33.2 Å². The highest BCUT2D eigenvalue weighted by molar-refractivity contribution is 9.10. The number of rotatable bonds is 9. The van der Waals surface area contributed by atoms with Gasteiger partial charge in [-0.1, -0.05) is 54.6 Å². The lowest BCUT2D eigenvalue weighted by Crippen LogP contribution is -2.52. The molecule has 2 N–H and O–H groups in total. The molecular formula is C28H31BrN4O5. The Labute approximate surface area is 230 Å². The van der Waals surface area contributed by atoms with Gasteiger partial charge in [-0.25, -0.2) is 19.6 Å². The number of ether oxygens (including phenoxy) is 2. The van der Waals surface area contributed by atoms with Gasteiger partial charge >= 0.3 is 12.1 Å². The minimum Gasteiger partial charge on any atom is -0.458 e. The van der Waals surface area contributed by atoms with Gasteiger partial charge in [-0.05, 0) is 54.8 Å². The molecule has 200 valence electrons. The summed E-state index contributed by atoms with van der Waals surface area (Å²) >= 11 is 3.32. The number of halogens is 1. The molecule has 0 radical (unpaired) electrons. The molecule has 0 fully saturated rings. The molecule has 0 saturated carbocycles. The van der Waals surface area contributed by atoms with E-state index < -0.39 is 35.7 Å². The number of benzene rings is 2. The fraction of sp³-hybridized carbons (Fsp3) is 0.321. The van der Waals surface area contributed by atoms with E-state index in [1.165, 1.54) is 6.92 Å². The summed E-state index contributed by atoms with van der Waals surface area (Å²) in [6.45, 7) is 6.82. The highest BCUT2D eigenvalue weighted by atomic mass is 79.9. The Kier molecular flexibility index (Phi) is 9.95. The Balaban J connectivity index is 1.71. The Bertz CT molecular complexity index is 1230. The van der Waals surface area contributed by atoms with Gasteiger partial charge in [0.05, 0.1) is 4.47 Å². The summed E-state index contributed by atoms with van der Waals surface area (Å²) in [6, 6.07) is 14.6. The summed E-state index contributed by atoms with van der Waals surface area (Å²) in [5.74, 6) is -0.557. The SMILES string of the molecule is CC(NC(=O)[C@H](Cc1ccc(-c2ncc(Br)cn2)cc1)NC(=O)OCc1ccccc1)C(=O)OC(C)(C)C. The van der Waals surface area contributed by atoms with Crippen molar-refractivity contribution in [2.24, 2.45) is 0 Å². The number of carbonyl (C=O) groups is 3. The van der Waals surface area contributed by atoms with Crippen LogP contribution in [0.4, 0.5) is 4.79 Å². The second-order valence-corrected chi connectivity index (χ2v) is 10.6. The average molecular weight is 583 g/mol. The van der Waals surface area contributed by atoms with Crippen molar-refractivity contribution >= 4 is 33.9 Å². The standard InChI is InChI=1S/C28H31BrN4O5/c1-18(26(35)38-28(2,3)4)32-25(34)23(33-27(36)37-17-20-8-6-5-7-9-20)14-19-10-12-21(13-11-19)24-30-15-22(29)16-31-24/h5-13,15-16,18,23H,14,17H2,1-4H3,(H,32,34)(H,33,36)/t18?,23-/m0/s1. The fourth-order valence-corrected chi connectivity index (χ4v) is 3.57. The van der Waals surface area contributed by atoms with Gasteiger partial charge in [-0.2, -0.15) is 0 Å². The topological polar surface area (TPSA) is 120 Å². The van der Waals surface area contributed by atoms with E-state index in [9.17, 15) is 14.4 Å². The number of nitrogens with zero attached hydrogens (tertiary/aromatic N) is 2. The van der Waals surface area contributed by atoms with Gasteiger partial charge in [0.25, 0.3) is 0 Å². The highest BCUT2D eigenvalue weighted by Gasteiger charge is 2.28. The van der Waals surface area contributed by atoms with E-state index in [2.05, 4.69) is 36.5 Å². The van der Waals surface area contributed by atoms with Crippen molar-refractivity contribution in [3.63, 3.8) is 0 Å². The lowest BCUT2D eigenvalue weighted by molar-refractivity contribution is -0.158. The first-order valence-electron chi connectivity index (χ1n) is 12.1. The van der Waals surface area contributed by atoms with Crippen LogP contribution in [0.15, 0.2) is 71.5 Å². The molecule has 0 spiro atoms. The first-order chi connectivity index (χ1) is 18.0.